The highest BCUT2D eigenvalue weighted by Crippen LogP contribution is 2.13. The number of hydrogen-bond acceptors (Lipinski definition) is 2. The fraction of sp³-hybridized carbons (Fsp3) is 0.235. The molecule has 110 valence electrons. The van der Waals surface area contributed by atoms with Gasteiger partial charge in [-0.1, -0.05) is 12.1 Å². The van der Waals surface area contributed by atoms with Gasteiger partial charge in [0, 0.05) is 15.7 Å². The first-order chi connectivity index (χ1) is 10.2. The topological polar surface area (TPSA) is 38.3 Å². The van der Waals surface area contributed by atoms with Crippen molar-refractivity contribution in [2.75, 3.05) is 13.7 Å². The van der Waals surface area contributed by atoms with E-state index < -0.39 is 0 Å². The summed E-state index contributed by atoms with van der Waals surface area (Å²) in [6.45, 7) is 0.669. The van der Waals surface area contributed by atoms with E-state index in [9.17, 15) is 4.79 Å². The van der Waals surface area contributed by atoms with Gasteiger partial charge in [-0.05, 0) is 77.4 Å². The number of nitrogens with one attached hydrogen (secondary N) is 1. The van der Waals surface area contributed by atoms with E-state index in [1.165, 1.54) is 5.56 Å². The maximum Gasteiger partial charge on any atom is 0.251 e. The van der Waals surface area contributed by atoms with Crippen molar-refractivity contribution in [3.05, 3.63) is 63.2 Å². The van der Waals surface area contributed by atoms with Crippen molar-refractivity contribution in [1.82, 2.24) is 5.32 Å². The zero-order chi connectivity index (χ0) is 15.1. The molecule has 0 aromatic heterocycles. The van der Waals surface area contributed by atoms with Gasteiger partial charge in [-0.2, -0.15) is 0 Å². The molecule has 0 unspecified atom stereocenters. The molecule has 0 atom stereocenters. The molecule has 2 aromatic carbocycles. The van der Waals surface area contributed by atoms with Crippen LogP contribution in [-0.2, 0) is 6.42 Å². The highest BCUT2D eigenvalue weighted by Gasteiger charge is 2.04. The van der Waals surface area contributed by atoms with Crippen LogP contribution in [0.1, 0.15) is 22.3 Å². The molecule has 4 heteroatoms. The summed E-state index contributed by atoms with van der Waals surface area (Å²) >= 11 is 2.22. The summed E-state index contributed by atoms with van der Waals surface area (Å²) in [5, 5.41) is 2.94. The molecule has 2 aromatic rings. The Morgan fingerprint density at radius 2 is 1.95 bits per heavy atom. The average molecular weight is 395 g/mol. The molecule has 0 saturated carbocycles. The van der Waals surface area contributed by atoms with Crippen LogP contribution in [0, 0.1) is 3.57 Å². The summed E-state index contributed by atoms with van der Waals surface area (Å²) in [5.74, 6) is 0.854. The van der Waals surface area contributed by atoms with E-state index in [0.717, 1.165) is 22.2 Å². The quantitative estimate of drug-likeness (QED) is 0.599. The lowest BCUT2D eigenvalue weighted by Gasteiger charge is -2.07. The van der Waals surface area contributed by atoms with Gasteiger partial charge in [-0.3, -0.25) is 4.79 Å². The molecule has 1 amide bonds. The second kappa shape index (κ2) is 8.02. The van der Waals surface area contributed by atoms with Crippen LogP contribution in [0.15, 0.2) is 48.5 Å². The maximum absolute atomic E-state index is 11.9. The van der Waals surface area contributed by atoms with Crippen molar-refractivity contribution in [1.29, 1.82) is 0 Å². The Morgan fingerprint density at radius 3 is 2.67 bits per heavy atom. The van der Waals surface area contributed by atoms with E-state index in [1.54, 1.807) is 7.11 Å². The Bertz CT molecular complexity index is 596. The summed E-state index contributed by atoms with van der Waals surface area (Å²) < 4.78 is 6.32. The highest BCUT2D eigenvalue weighted by molar-refractivity contribution is 14.1. The van der Waals surface area contributed by atoms with E-state index >= 15 is 0 Å². The first kappa shape index (κ1) is 15.8. The standard InChI is InChI=1S/C17H18INO2/c1-21-16-6-2-4-13(12-16)5-3-11-19-17(20)14-7-9-15(18)10-8-14/h2,4,6-10,12H,3,5,11H2,1H3,(H,19,20). The van der Waals surface area contributed by atoms with Crippen LogP contribution >= 0.6 is 22.6 Å². The number of methoxy groups -OCH3 is 1. The molecule has 1 N–H and O–H groups in total. The minimum atomic E-state index is -0.0166. The normalized spacial score (nSPS) is 10.2. The first-order valence-electron chi connectivity index (χ1n) is 6.86. The molecule has 0 saturated heterocycles. The SMILES string of the molecule is COc1cccc(CCCNC(=O)c2ccc(I)cc2)c1. The van der Waals surface area contributed by atoms with Crippen LogP contribution in [-0.4, -0.2) is 19.6 Å². The van der Waals surface area contributed by atoms with Crippen LogP contribution in [0.3, 0.4) is 0 Å². The van der Waals surface area contributed by atoms with Gasteiger partial charge in [0.1, 0.15) is 5.75 Å². The summed E-state index contributed by atoms with van der Waals surface area (Å²) in [5.41, 5.74) is 1.93. The van der Waals surface area contributed by atoms with Gasteiger partial charge in [0.05, 0.1) is 7.11 Å². The zero-order valence-corrected chi connectivity index (χ0v) is 14.1. The van der Waals surface area contributed by atoms with Crippen LogP contribution in [0.4, 0.5) is 0 Å². The van der Waals surface area contributed by atoms with Crippen molar-refractivity contribution < 1.29 is 9.53 Å². The van der Waals surface area contributed by atoms with Crippen molar-refractivity contribution in [3.8, 4) is 5.75 Å². The number of hydrogen-bond donors (Lipinski definition) is 1. The minimum absolute atomic E-state index is 0.0166. The number of halogens is 1. The van der Waals surface area contributed by atoms with E-state index in [2.05, 4.69) is 34.0 Å². The lowest BCUT2D eigenvalue weighted by molar-refractivity contribution is 0.0953. The Kier molecular flexibility index (Phi) is 6.04. The first-order valence-corrected chi connectivity index (χ1v) is 7.93. The molecule has 0 fully saturated rings. The lowest BCUT2D eigenvalue weighted by Crippen LogP contribution is -2.24. The zero-order valence-electron chi connectivity index (χ0n) is 11.9. The monoisotopic (exact) mass is 395 g/mol. The Balaban J connectivity index is 1.76. The molecule has 0 spiro atoms. The predicted molar refractivity (Wildman–Crippen MR) is 92.8 cm³/mol. The molecule has 0 radical (unpaired) electrons. The Hall–Kier alpha value is -1.56. The number of aryl methyl sites for hydroxylation is 1. The molecule has 0 heterocycles. The third-order valence-electron chi connectivity index (χ3n) is 3.17. The predicted octanol–water partition coefficient (Wildman–Crippen LogP) is 3.66. The number of rotatable bonds is 6. The molecule has 0 aliphatic heterocycles. The summed E-state index contributed by atoms with van der Waals surface area (Å²) in [6.07, 6.45) is 1.83. The third-order valence-corrected chi connectivity index (χ3v) is 3.89. The lowest BCUT2D eigenvalue weighted by atomic mass is 10.1. The second-order valence-corrected chi connectivity index (χ2v) is 5.96. The highest BCUT2D eigenvalue weighted by atomic mass is 127. The van der Waals surface area contributed by atoms with Gasteiger partial charge in [0.25, 0.3) is 5.91 Å². The van der Waals surface area contributed by atoms with Crippen LogP contribution in [0.25, 0.3) is 0 Å². The summed E-state index contributed by atoms with van der Waals surface area (Å²) in [6, 6.07) is 15.6. The van der Waals surface area contributed by atoms with Crippen molar-refractivity contribution in [2.24, 2.45) is 0 Å². The largest absolute Gasteiger partial charge is 0.497 e. The summed E-state index contributed by atoms with van der Waals surface area (Å²) in [4.78, 5) is 11.9. The van der Waals surface area contributed by atoms with Crippen molar-refractivity contribution in [2.45, 2.75) is 12.8 Å². The molecule has 3 nitrogen and oxygen atoms in total. The van der Waals surface area contributed by atoms with Gasteiger partial charge in [0.15, 0.2) is 0 Å². The fourth-order valence-electron chi connectivity index (χ4n) is 2.03. The number of carbonyl (C=O) groups is 1. The molecule has 0 aliphatic rings. The van der Waals surface area contributed by atoms with Crippen molar-refractivity contribution >= 4 is 28.5 Å². The number of ether oxygens (including phenoxy) is 1. The van der Waals surface area contributed by atoms with E-state index in [4.69, 9.17) is 4.74 Å². The van der Waals surface area contributed by atoms with Crippen LogP contribution < -0.4 is 10.1 Å². The Labute approximate surface area is 138 Å². The molecule has 2 rings (SSSR count). The van der Waals surface area contributed by atoms with Crippen molar-refractivity contribution in [3.63, 3.8) is 0 Å². The number of benzene rings is 2. The van der Waals surface area contributed by atoms with Gasteiger partial charge >= 0.3 is 0 Å². The van der Waals surface area contributed by atoms with E-state index in [0.29, 0.717) is 12.1 Å². The molecule has 0 aliphatic carbocycles. The fourth-order valence-corrected chi connectivity index (χ4v) is 2.39. The molecular weight excluding hydrogens is 377 g/mol. The molecular formula is C17H18INO2. The number of carbonyl (C=O) groups excluding carboxylic acids is 1. The van der Waals surface area contributed by atoms with Crippen LogP contribution in [0.5, 0.6) is 5.75 Å². The molecule has 0 bridgehead atoms. The average Bonchev–Trinajstić information content (AvgIpc) is 2.52. The second-order valence-electron chi connectivity index (χ2n) is 4.72. The molecule has 21 heavy (non-hydrogen) atoms. The van der Waals surface area contributed by atoms with Crippen LogP contribution in [0.2, 0.25) is 0 Å². The Morgan fingerprint density at radius 1 is 1.19 bits per heavy atom. The maximum atomic E-state index is 11.9. The minimum Gasteiger partial charge on any atom is -0.497 e. The smallest absolute Gasteiger partial charge is 0.251 e. The summed E-state index contributed by atoms with van der Waals surface area (Å²) in [7, 11) is 1.67. The van der Waals surface area contributed by atoms with Gasteiger partial charge in [-0.25, -0.2) is 0 Å². The van der Waals surface area contributed by atoms with E-state index in [1.807, 2.05) is 42.5 Å². The van der Waals surface area contributed by atoms with Gasteiger partial charge in [0.2, 0.25) is 0 Å². The third kappa shape index (κ3) is 5.04. The van der Waals surface area contributed by atoms with E-state index in [-0.39, 0.29) is 5.91 Å². The van der Waals surface area contributed by atoms with Gasteiger partial charge in [-0.15, -0.1) is 0 Å². The van der Waals surface area contributed by atoms with Gasteiger partial charge < -0.3 is 10.1 Å². The number of amides is 1.